The lowest BCUT2D eigenvalue weighted by Gasteiger charge is -2.25. The Bertz CT molecular complexity index is 941. The van der Waals surface area contributed by atoms with Crippen LogP contribution in [0.2, 0.25) is 0 Å². The summed E-state index contributed by atoms with van der Waals surface area (Å²) >= 11 is 0. The average Bonchev–Trinajstić information content (AvgIpc) is 3.03. The standard InChI is InChI=1S/C22H24O4/c1-13-15(18-11-14-9-7-8-10-17(14)26-18)12-16(22(2,3)4)20(24-5)19(13)21(23)25-6/h7-12H,1-6H3. The van der Waals surface area contributed by atoms with Crippen LogP contribution in [0.5, 0.6) is 5.75 Å². The Balaban J connectivity index is 2.36. The van der Waals surface area contributed by atoms with Gasteiger partial charge >= 0.3 is 5.97 Å². The van der Waals surface area contributed by atoms with E-state index in [2.05, 4.69) is 26.8 Å². The van der Waals surface area contributed by atoms with E-state index in [9.17, 15) is 4.79 Å². The lowest BCUT2D eigenvalue weighted by Crippen LogP contribution is -2.17. The topological polar surface area (TPSA) is 48.7 Å². The highest BCUT2D eigenvalue weighted by atomic mass is 16.5. The van der Waals surface area contributed by atoms with Crippen LogP contribution in [0, 0.1) is 6.92 Å². The smallest absolute Gasteiger partial charge is 0.341 e. The molecule has 0 saturated heterocycles. The third-order valence-electron chi connectivity index (χ3n) is 4.63. The summed E-state index contributed by atoms with van der Waals surface area (Å²) in [6, 6.07) is 11.9. The number of ether oxygens (including phenoxy) is 2. The molecule has 0 N–H and O–H groups in total. The molecular formula is C22H24O4. The second-order valence-corrected chi connectivity index (χ2v) is 7.39. The zero-order valence-corrected chi connectivity index (χ0v) is 16.1. The van der Waals surface area contributed by atoms with Crippen molar-refractivity contribution in [3.63, 3.8) is 0 Å². The number of carbonyl (C=O) groups is 1. The third kappa shape index (κ3) is 2.96. The fourth-order valence-electron chi connectivity index (χ4n) is 3.25. The van der Waals surface area contributed by atoms with E-state index in [0.717, 1.165) is 33.4 Å². The fraction of sp³-hybridized carbons (Fsp3) is 0.318. The number of para-hydroxylation sites is 1. The Morgan fingerprint density at radius 2 is 1.77 bits per heavy atom. The first-order chi connectivity index (χ1) is 12.3. The van der Waals surface area contributed by atoms with Gasteiger partial charge in [-0.1, -0.05) is 39.0 Å². The summed E-state index contributed by atoms with van der Waals surface area (Å²) < 4.78 is 16.7. The number of rotatable bonds is 3. The second-order valence-electron chi connectivity index (χ2n) is 7.39. The van der Waals surface area contributed by atoms with Crippen molar-refractivity contribution in [2.75, 3.05) is 14.2 Å². The van der Waals surface area contributed by atoms with Crippen LogP contribution in [0.1, 0.15) is 42.3 Å². The summed E-state index contributed by atoms with van der Waals surface area (Å²) in [5.41, 5.74) is 3.62. The number of furan rings is 1. The summed E-state index contributed by atoms with van der Waals surface area (Å²) in [7, 11) is 2.96. The predicted octanol–water partition coefficient (Wildman–Crippen LogP) is 5.50. The summed E-state index contributed by atoms with van der Waals surface area (Å²) in [5.74, 6) is 0.867. The molecule has 0 aliphatic heterocycles. The van der Waals surface area contributed by atoms with E-state index >= 15 is 0 Å². The van der Waals surface area contributed by atoms with Crippen LogP contribution in [0.15, 0.2) is 40.8 Å². The minimum Gasteiger partial charge on any atom is -0.496 e. The maximum atomic E-state index is 12.5. The maximum absolute atomic E-state index is 12.5. The first-order valence-corrected chi connectivity index (χ1v) is 8.57. The molecule has 0 aliphatic carbocycles. The van der Waals surface area contributed by atoms with Crippen LogP contribution in [-0.2, 0) is 10.2 Å². The molecule has 0 atom stereocenters. The van der Waals surface area contributed by atoms with Crippen molar-refractivity contribution in [1.82, 2.24) is 0 Å². The normalized spacial score (nSPS) is 11.6. The highest BCUT2D eigenvalue weighted by Gasteiger charge is 2.29. The van der Waals surface area contributed by atoms with Crippen molar-refractivity contribution in [2.24, 2.45) is 0 Å². The van der Waals surface area contributed by atoms with Gasteiger partial charge in [-0.25, -0.2) is 4.79 Å². The lowest BCUT2D eigenvalue weighted by molar-refractivity contribution is 0.0596. The van der Waals surface area contributed by atoms with Gasteiger partial charge < -0.3 is 13.9 Å². The molecule has 0 fully saturated rings. The van der Waals surface area contributed by atoms with Gasteiger partial charge in [0.05, 0.1) is 14.2 Å². The van der Waals surface area contributed by atoms with Gasteiger partial charge in [-0.05, 0) is 36.1 Å². The zero-order chi connectivity index (χ0) is 19.1. The van der Waals surface area contributed by atoms with Gasteiger partial charge in [-0.2, -0.15) is 0 Å². The van der Waals surface area contributed by atoms with Crippen molar-refractivity contribution in [3.8, 4) is 17.1 Å². The molecule has 0 unspecified atom stereocenters. The zero-order valence-electron chi connectivity index (χ0n) is 16.1. The minimum atomic E-state index is -0.414. The number of carbonyl (C=O) groups excluding carboxylic acids is 1. The quantitative estimate of drug-likeness (QED) is 0.584. The molecule has 2 aromatic carbocycles. The highest BCUT2D eigenvalue weighted by Crippen LogP contribution is 2.42. The van der Waals surface area contributed by atoms with Crippen molar-refractivity contribution < 1.29 is 18.7 Å². The van der Waals surface area contributed by atoms with E-state index in [1.54, 1.807) is 7.11 Å². The van der Waals surface area contributed by atoms with Gasteiger partial charge in [-0.3, -0.25) is 0 Å². The van der Waals surface area contributed by atoms with Gasteiger partial charge in [0.2, 0.25) is 0 Å². The largest absolute Gasteiger partial charge is 0.496 e. The van der Waals surface area contributed by atoms with E-state index in [1.165, 1.54) is 7.11 Å². The van der Waals surface area contributed by atoms with Crippen LogP contribution in [0.3, 0.4) is 0 Å². The van der Waals surface area contributed by atoms with Crippen molar-refractivity contribution in [3.05, 3.63) is 53.1 Å². The van der Waals surface area contributed by atoms with Crippen LogP contribution in [0.4, 0.5) is 0 Å². The van der Waals surface area contributed by atoms with E-state index in [-0.39, 0.29) is 5.41 Å². The summed E-state index contributed by atoms with van der Waals surface area (Å²) in [5, 5.41) is 1.02. The van der Waals surface area contributed by atoms with Gasteiger partial charge in [0.25, 0.3) is 0 Å². The molecule has 0 radical (unpaired) electrons. The predicted molar refractivity (Wildman–Crippen MR) is 103 cm³/mol. The first-order valence-electron chi connectivity index (χ1n) is 8.57. The average molecular weight is 352 g/mol. The summed E-state index contributed by atoms with van der Waals surface area (Å²) in [6.45, 7) is 8.15. The highest BCUT2D eigenvalue weighted by molar-refractivity contribution is 5.97. The molecule has 4 nitrogen and oxygen atoms in total. The molecule has 3 rings (SSSR count). The molecule has 1 heterocycles. The van der Waals surface area contributed by atoms with E-state index in [0.29, 0.717) is 11.3 Å². The molecule has 1 aromatic heterocycles. The number of methoxy groups -OCH3 is 2. The Hall–Kier alpha value is -2.75. The molecule has 0 bridgehead atoms. The number of fused-ring (bicyclic) bond motifs is 1. The minimum absolute atomic E-state index is 0.220. The van der Waals surface area contributed by atoms with Gasteiger partial charge in [0.15, 0.2) is 0 Å². The molecule has 0 amide bonds. The number of hydrogen-bond donors (Lipinski definition) is 0. The van der Waals surface area contributed by atoms with Crippen LogP contribution in [0.25, 0.3) is 22.3 Å². The Labute approximate surface area is 153 Å². The molecule has 0 saturated carbocycles. The molecule has 0 aliphatic rings. The third-order valence-corrected chi connectivity index (χ3v) is 4.63. The van der Waals surface area contributed by atoms with Crippen LogP contribution < -0.4 is 4.74 Å². The van der Waals surface area contributed by atoms with Crippen LogP contribution in [-0.4, -0.2) is 20.2 Å². The van der Waals surface area contributed by atoms with Crippen molar-refractivity contribution in [2.45, 2.75) is 33.1 Å². The number of benzene rings is 2. The van der Waals surface area contributed by atoms with Crippen molar-refractivity contribution in [1.29, 1.82) is 0 Å². The molecule has 136 valence electrons. The van der Waals surface area contributed by atoms with Crippen LogP contribution >= 0.6 is 0 Å². The summed E-state index contributed by atoms with van der Waals surface area (Å²) in [4.78, 5) is 12.5. The Morgan fingerprint density at radius 1 is 1.08 bits per heavy atom. The molecule has 3 aromatic rings. The lowest BCUT2D eigenvalue weighted by atomic mass is 9.82. The van der Waals surface area contributed by atoms with Gasteiger partial charge in [0.1, 0.15) is 22.7 Å². The molecule has 4 heteroatoms. The Kier molecular flexibility index (Phi) is 4.53. The molecule has 26 heavy (non-hydrogen) atoms. The molecule has 0 spiro atoms. The fourth-order valence-corrected chi connectivity index (χ4v) is 3.25. The SMILES string of the molecule is COC(=O)c1c(C)c(-c2cc3ccccc3o2)cc(C(C)(C)C)c1OC. The molecular weight excluding hydrogens is 328 g/mol. The number of esters is 1. The maximum Gasteiger partial charge on any atom is 0.341 e. The second kappa shape index (κ2) is 6.52. The van der Waals surface area contributed by atoms with E-state index < -0.39 is 5.97 Å². The number of hydrogen-bond acceptors (Lipinski definition) is 4. The van der Waals surface area contributed by atoms with Crippen molar-refractivity contribution >= 4 is 16.9 Å². The van der Waals surface area contributed by atoms with E-state index in [4.69, 9.17) is 13.9 Å². The van der Waals surface area contributed by atoms with Gasteiger partial charge in [-0.15, -0.1) is 0 Å². The monoisotopic (exact) mass is 352 g/mol. The van der Waals surface area contributed by atoms with E-state index in [1.807, 2.05) is 37.3 Å². The van der Waals surface area contributed by atoms with Gasteiger partial charge in [0, 0.05) is 16.5 Å². The summed E-state index contributed by atoms with van der Waals surface area (Å²) in [6.07, 6.45) is 0. The Morgan fingerprint density at radius 3 is 2.35 bits per heavy atom. The first kappa shape index (κ1) is 18.1.